The van der Waals surface area contributed by atoms with Crippen LogP contribution >= 0.6 is 0 Å². The molecule has 0 aliphatic heterocycles. The third kappa shape index (κ3) is 2.48. The summed E-state index contributed by atoms with van der Waals surface area (Å²) in [7, 11) is 0. The van der Waals surface area contributed by atoms with Crippen LogP contribution in [0.3, 0.4) is 0 Å². The van der Waals surface area contributed by atoms with Crippen molar-refractivity contribution in [2.45, 2.75) is 19.4 Å². The normalized spacial score (nSPS) is 12.7. The zero-order valence-electron chi connectivity index (χ0n) is 10.8. The summed E-state index contributed by atoms with van der Waals surface area (Å²) < 4.78 is 0. The van der Waals surface area contributed by atoms with E-state index in [0.29, 0.717) is 6.42 Å². The van der Waals surface area contributed by atoms with Gasteiger partial charge in [0.15, 0.2) is 5.65 Å². The molecule has 96 valence electrons. The molecule has 1 aromatic carbocycles. The molecule has 0 fully saturated rings. The summed E-state index contributed by atoms with van der Waals surface area (Å²) in [5.74, 6) is 0.879. The second-order valence-corrected chi connectivity index (χ2v) is 4.73. The van der Waals surface area contributed by atoms with Gasteiger partial charge in [-0.25, -0.2) is 9.97 Å². The highest BCUT2D eigenvalue weighted by atomic mass is 15.0. The molecule has 0 aliphatic carbocycles. The highest BCUT2D eigenvalue weighted by Gasteiger charge is 2.10. The lowest BCUT2D eigenvalue weighted by atomic mass is 10.0. The largest absolute Gasteiger partial charge is 0.341 e. The molecule has 4 nitrogen and oxygen atoms in total. The highest BCUT2D eigenvalue weighted by Crippen LogP contribution is 2.16. The number of imidazole rings is 1. The Hall–Kier alpha value is -2.20. The second-order valence-electron chi connectivity index (χ2n) is 4.73. The second kappa shape index (κ2) is 4.82. The zero-order chi connectivity index (χ0) is 13.2. The number of aromatic amines is 1. The van der Waals surface area contributed by atoms with Crippen LogP contribution in [0.4, 0.5) is 0 Å². The number of nitrogens with one attached hydrogen (secondary N) is 1. The summed E-state index contributed by atoms with van der Waals surface area (Å²) in [5, 5.41) is 0. The maximum atomic E-state index is 6.20. The Bertz CT molecular complexity index is 688. The van der Waals surface area contributed by atoms with Crippen LogP contribution in [0.25, 0.3) is 11.2 Å². The number of hydrogen-bond donors (Lipinski definition) is 2. The van der Waals surface area contributed by atoms with E-state index in [2.05, 4.69) is 15.0 Å². The molecule has 4 heteroatoms. The summed E-state index contributed by atoms with van der Waals surface area (Å²) >= 11 is 0. The SMILES string of the molecule is Cc1ccc2[nH]c(CC(N)c3ccccc3)nc2n1. The van der Waals surface area contributed by atoms with E-state index >= 15 is 0 Å². The maximum absolute atomic E-state index is 6.20. The summed E-state index contributed by atoms with van der Waals surface area (Å²) in [5.41, 5.74) is 10.0. The Labute approximate surface area is 111 Å². The number of fused-ring (bicyclic) bond motifs is 1. The van der Waals surface area contributed by atoms with Crippen LogP contribution in [-0.4, -0.2) is 15.0 Å². The van der Waals surface area contributed by atoms with Crippen molar-refractivity contribution in [3.05, 3.63) is 59.5 Å². The van der Waals surface area contributed by atoms with Crippen LogP contribution < -0.4 is 5.73 Å². The van der Waals surface area contributed by atoms with Gasteiger partial charge >= 0.3 is 0 Å². The fourth-order valence-corrected chi connectivity index (χ4v) is 2.16. The number of pyridine rings is 1. The number of aryl methyl sites for hydroxylation is 1. The van der Waals surface area contributed by atoms with Gasteiger partial charge in [-0.2, -0.15) is 0 Å². The van der Waals surface area contributed by atoms with Crippen molar-refractivity contribution >= 4 is 11.2 Å². The van der Waals surface area contributed by atoms with Crippen molar-refractivity contribution in [1.82, 2.24) is 15.0 Å². The first kappa shape index (κ1) is 11.9. The molecule has 0 aliphatic rings. The topological polar surface area (TPSA) is 67.6 Å². The van der Waals surface area contributed by atoms with Gasteiger partial charge in [0, 0.05) is 18.2 Å². The van der Waals surface area contributed by atoms with E-state index in [1.807, 2.05) is 49.4 Å². The molecular formula is C15H16N4. The summed E-state index contributed by atoms with van der Waals surface area (Å²) in [6.07, 6.45) is 0.680. The quantitative estimate of drug-likeness (QED) is 0.752. The minimum absolute atomic E-state index is 0.0529. The van der Waals surface area contributed by atoms with Crippen LogP contribution in [0.1, 0.15) is 23.1 Å². The van der Waals surface area contributed by atoms with E-state index < -0.39 is 0 Å². The molecule has 0 saturated heterocycles. The molecule has 0 saturated carbocycles. The molecule has 1 unspecified atom stereocenters. The van der Waals surface area contributed by atoms with E-state index in [1.54, 1.807) is 0 Å². The standard InChI is InChI=1S/C15H16N4/c1-10-7-8-13-15(17-10)19-14(18-13)9-12(16)11-5-3-2-4-6-11/h2-8,12H,9,16H2,1H3,(H,17,18,19). The third-order valence-corrected chi connectivity index (χ3v) is 3.18. The van der Waals surface area contributed by atoms with Crippen LogP contribution in [0.5, 0.6) is 0 Å². The van der Waals surface area contributed by atoms with Gasteiger partial charge in [-0.1, -0.05) is 30.3 Å². The van der Waals surface area contributed by atoms with E-state index in [9.17, 15) is 0 Å². The van der Waals surface area contributed by atoms with E-state index in [1.165, 1.54) is 0 Å². The average Bonchev–Trinajstić information content (AvgIpc) is 2.81. The van der Waals surface area contributed by atoms with E-state index in [4.69, 9.17) is 5.73 Å². The number of nitrogens with two attached hydrogens (primary N) is 1. The predicted molar refractivity (Wildman–Crippen MR) is 75.7 cm³/mol. The minimum Gasteiger partial charge on any atom is -0.341 e. The monoisotopic (exact) mass is 252 g/mol. The number of H-pyrrole nitrogens is 1. The van der Waals surface area contributed by atoms with Gasteiger partial charge in [0.25, 0.3) is 0 Å². The Morgan fingerprint density at radius 1 is 1.11 bits per heavy atom. The molecular weight excluding hydrogens is 236 g/mol. The Morgan fingerprint density at radius 2 is 1.89 bits per heavy atom. The minimum atomic E-state index is -0.0529. The molecule has 0 bridgehead atoms. The van der Waals surface area contributed by atoms with Gasteiger partial charge in [-0.3, -0.25) is 0 Å². The highest BCUT2D eigenvalue weighted by molar-refractivity contribution is 5.70. The van der Waals surface area contributed by atoms with E-state index in [-0.39, 0.29) is 6.04 Å². The molecule has 3 aromatic rings. The van der Waals surface area contributed by atoms with Crippen molar-refractivity contribution < 1.29 is 0 Å². The van der Waals surface area contributed by atoms with Gasteiger partial charge in [0.1, 0.15) is 5.82 Å². The van der Waals surface area contributed by atoms with Crippen molar-refractivity contribution in [3.8, 4) is 0 Å². The average molecular weight is 252 g/mol. The third-order valence-electron chi connectivity index (χ3n) is 3.18. The van der Waals surface area contributed by atoms with Crippen LogP contribution in [-0.2, 0) is 6.42 Å². The van der Waals surface area contributed by atoms with Crippen LogP contribution in [0.15, 0.2) is 42.5 Å². The zero-order valence-corrected chi connectivity index (χ0v) is 10.8. The van der Waals surface area contributed by atoms with Crippen molar-refractivity contribution in [1.29, 1.82) is 0 Å². The van der Waals surface area contributed by atoms with Crippen molar-refractivity contribution in [3.63, 3.8) is 0 Å². The Kier molecular flexibility index (Phi) is 3.01. The lowest BCUT2D eigenvalue weighted by Crippen LogP contribution is -2.13. The Morgan fingerprint density at radius 3 is 2.68 bits per heavy atom. The smallest absolute Gasteiger partial charge is 0.177 e. The lowest BCUT2D eigenvalue weighted by Gasteiger charge is -2.09. The first-order chi connectivity index (χ1) is 9.22. The molecule has 3 N–H and O–H groups in total. The molecule has 1 atom stereocenters. The molecule has 0 radical (unpaired) electrons. The molecule has 0 amide bonds. The number of aromatic nitrogens is 3. The molecule has 0 spiro atoms. The molecule has 3 rings (SSSR count). The fraction of sp³-hybridized carbons (Fsp3) is 0.200. The molecule has 2 aromatic heterocycles. The van der Waals surface area contributed by atoms with Gasteiger partial charge in [-0.05, 0) is 24.6 Å². The summed E-state index contributed by atoms with van der Waals surface area (Å²) in [6.45, 7) is 1.96. The number of nitrogens with zero attached hydrogens (tertiary/aromatic N) is 2. The molecule has 2 heterocycles. The first-order valence-corrected chi connectivity index (χ1v) is 6.35. The van der Waals surface area contributed by atoms with Gasteiger partial charge in [0.2, 0.25) is 0 Å². The number of benzene rings is 1. The van der Waals surface area contributed by atoms with Gasteiger partial charge in [0.05, 0.1) is 5.52 Å². The van der Waals surface area contributed by atoms with Gasteiger partial charge in [-0.15, -0.1) is 0 Å². The number of rotatable bonds is 3. The first-order valence-electron chi connectivity index (χ1n) is 6.35. The van der Waals surface area contributed by atoms with Crippen molar-refractivity contribution in [2.75, 3.05) is 0 Å². The number of hydrogen-bond acceptors (Lipinski definition) is 3. The van der Waals surface area contributed by atoms with Gasteiger partial charge < -0.3 is 10.7 Å². The molecule has 19 heavy (non-hydrogen) atoms. The van der Waals surface area contributed by atoms with Crippen LogP contribution in [0.2, 0.25) is 0 Å². The van der Waals surface area contributed by atoms with E-state index in [0.717, 1.165) is 28.2 Å². The summed E-state index contributed by atoms with van der Waals surface area (Å²) in [6, 6.07) is 14.0. The summed E-state index contributed by atoms with van der Waals surface area (Å²) in [4.78, 5) is 12.2. The fourth-order valence-electron chi connectivity index (χ4n) is 2.16. The maximum Gasteiger partial charge on any atom is 0.177 e. The Balaban J connectivity index is 1.85. The predicted octanol–water partition coefficient (Wildman–Crippen LogP) is 2.51. The van der Waals surface area contributed by atoms with Crippen LogP contribution in [0, 0.1) is 6.92 Å². The van der Waals surface area contributed by atoms with Crippen molar-refractivity contribution in [2.24, 2.45) is 5.73 Å². The lowest BCUT2D eigenvalue weighted by molar-refractivity contribution is 0.696.